The van der Waals surface area contributed by atoms with Gasteiger partial charge in [0.25, 0.3) is 0 Å². The van der Waals surface area contributed by atoms with Crippen molar-refractivity contribution in [2.75, 3.05) is 0 Å². The molecule has 1 heterocycles. The van der Waals surface area contributed by atoms with Crippen LogP contribution in [0.4, 0.5) is 0 Å². The zero-order chi connectivity index (χ0) is 14.8. The molecule has 0 aliphatic rings. The number of nitrogens with zero attached hydrogens (tertiary/aromatic N) is 3. The van der Waals surface area contributed by atoms with E-state index in [2.05, 4.69) is 51.7 Å². The predicted octanol–water partition coefficient (Wildman–Crippen LogP) is 3.00. The van der Waals surface area contributed by atoms with E-state index in [1.54, 1.807) is 4.57 Å². The number of hydrogen-bond donors (Lipinski definition) is 1. The summed E-state index contributed by atoms with van der Waals surface area (Å²) in [6, 6.07) is 0. The fourth-order valence-corrected chi connectivity index (χ4v) is 1.78. The maximum Gasteiger partial charge on any atom is 0.374 e. The fourth-order valence-electron chi connectivity index (χ4n) is 1.78. The first-order valence-electron chi connectivity index (χ1n) is 6.65. The average Bonchev–Trinajstić information content (AvgIpc) is 2.54. The highest BCUT2D eigenvalue weighted by Crippen LogP contribution is 2.23. The summed E-state index contributed by atoms with van der Waals surface area (Å²) >= 11 is 0. The van der Waals surface area contributed by atoms with Crippen LogP contribution < -0.4 is 0 Å². The summed E-state index contributed by atoms with van der Waals surface area (Å²) < 4.78 is 1.75. The van der Waals surface area contributed by atoms with Crippen LogP contribution >= 0.6 is 0 Å². The lowest BCUT2D eigenvalue weighted by atomic mass is 9.91. The summed E-state index contributed by atoms with van der Waals surface area (Å²) in [4.78, 5) is 11.2. The molecule has 0 saturated heterocycles. The number of hydrogen-bond acceptors (Lipinski definition) is 3. The first-order valence-corrected chi connectivity index (χ1v) is 6.65. The second-order valence-electron chi connectivity index (χ2n) is 7.44. The van der Waals surface area contributed by atoms with Gasteiger partial charge in [-0.05, 0) is 17.3 Å². The molecular weight excluding hydrogens is 242 g/mol. The summed E-state index contributed by atoms with van der Waals surface area (Å²) in [5.41, 5.74) is 0.210. The van der Waals surface area contributed by atoms with Crippen molar-refractivity contribution >= 4 is 5.97 Å². The van der Waals surface area contributed by atoms with Gasteiger partial charge in [0.05, 0.1) is 0 Å². The van der Waals surface area contributed by atoms with E-state index < -0.39 is 5.97 Å². The molecule has 1 aromatic heterocycles. The van der Waals surface area contributed by atoms with Gasteiger partial charge < -0.3 is 9.67 Å². The quantitative estimate of drug-likeness (QED) is 0.910. The van der Waals surface area contributed by atoms with Gasteiger partial charge in [0, 0.05) is 13.0 Å². The average molecular weight is 267 g/mol. The maximum atomic E-state index is 11.2. The molecule has 108 valence electrons. The molecule has 0 amide bonds. The SMILES string of the molecule is CC(C)(C)CCn1c(CC(C)(C)C)nnc1C(=O)O. The molecule has 0 aliphatic heterocycles. The van der Waals surface area contributed by atoms with Gasteiger partial charge in [-0.1, -0.05) is 41.5 Å². The third kappa shape index (κ3) is 5.01. The molecule has 0 aliphatic carbocycles. The van der Waals surface area contributed by atoms with Crippen molar-refractivity contribution in [3.63, 3.8) is 0 Å². The highest BCUT2D eigenvalue weighted by molar-refractivity contribution is 5.83. The number of carbonyl (C=O) groups is 1. The second kappa shape index (κ2) is 5.31. The van der Waals surface area contributed by atoms with E-state index in [1.165, 1.54) is 0 Å². The first-order chi connectivity index (χ1) is 8.49. The number of aromatic carboxylic acids is 1. The molecule has 0 fully saturated rings. The number of carboxylic acids is 1. The molecule has 5 heteroatoms. The molecule has 1 N–H and O–H groups in total. The van der Waals surface area contributed by atoms with Crippen LogP contribution in [0.15, 0.2) is 0 Å². The van der Waals surface area contributed by atoms with E-state index in [-0.39, 0.29) is 16.7 Å². The Kier molecular flexibility index (Phi) is 4.38. The summed E-state index contributed by atoms with van der Waals surface area (Å²) in [7, 11) is 0. The second-order valence-corrected chi connectivity index (χ2v) is 7.44. The van der Waals surface area contributed by atoms with Gasteiger partial charge in [-0.2, -0.15) is 0 Å². The van der Waals surface area contributed by atoms with Crippen LogP contribution in [-0.4, -0.2) is 25.8 Å². The smallest absolute Gasteiger partial charge is 0.374 e. The lowest BCUT2D eigenvalue weighted by molar-refractivity contribution is 0.0675. The van der Waals surface area contributed by atoms with Gasteiger partial charge in [0.2, 0.25) is 5.82 Å². The molecule has 0 atom stereocenters. The lowest BCUT2D eigenvalue weighted by Crippen LogP contribution is -2.20. The molecule has 0 unspecified atom stereocenters. The molecular formula is C14H25N3O2. The molecule has 0 bridgehead atoms. The van der Waals surface area contributed by atoms with E-state index in [0.717, 1.165) is 18.7 Å². The Labute approximate surface area is 115 Å². The molecule has 5 nitrogen and oxygen atoms in total. The molecule has 0 aromatic carbocycles. The summed E-state index contributed by atoms with van der Waals surface area (Å²) in [6.45, 7) is 13.4. The summed E-state index contributed by atoms with van der Waals surface area (Å²) in [5, 5.41) is 17.1. The van der Waals surface area contributed by atoms with Crippen molar-refractivity contribution in [1.29, 1.82) is 0 Å². The van der Waals surface area contributed by atoms with Crippen LogP contribution in [0.5, 0.6) is 0 Å². The van der Waals surface area contributed by atoms with Gasteiger partial charge in [-0.15, -0.1) is 10.2 Å². The van der Waals surface area contributed by atoms with Crippen molar-refractivity contribution in [3.8, 4) is 0 Å². The third-order valence-electron chi connectivity index (χ3n) is 2.79. The van der Waals surface area contributed by atoms with Crippen LogP contribution in [0, 0.1) is 10.8 Å². The van der Waals surface area contributed by atoms with Crippen molar-refractivity contribution in [2.45, 2.75) is 60.9 Å². The van der Waals surface area contributed by atoms with E-state index in [4.69, 9.17) is 0 Å². The van der Waals surface area contributed by atoms with Gasteiger partial charge in [0.15, 0.2) is 0 Å². The van der Waals surface area contributed by atoms with Crippen molar-refractivity contribution in [1.82, 2.24) is 14.8 Å². The Morgan fingerprint density at radius 1 is 1.11 bits per heavy atom. The van der Waals surface area contributed by atoms with Crippen molar-refractivity contribution in [3.05, 3.63) is 11.6 Å². The molecule has 0 saturated carbocycles. The van der Waals surface area contributed by atoms with E-state index >= 15 is 0 Å². The monoisotopic (exact) mass is 267 g/mol. The number of rotatable bonds is 4. The Bertz CT molecular complexity index is 450. The molecule has 1 aromatic rings. The van der Waals surface area contributed by atoms with Gasteiger partial charge in [-0.25, -0.2) is 4.79 Å². The first kappa shape index (κ1) is 15.7. The van der Waals surface area contributed by atoms with Crippen LogP contribution in [0.25, 0.3) is 0 Å². The lowest BCUT2D eigenvalue weighted by Gasteiger charge is -2.21. The van der Waals surface area contributed by atoms with Crippen LogP contribution in [0.1, 0.15) is 64.4 Å². The Hall–Kier alpha value is -1.39. The number of aromatic nitrogens is 3. The van der Waals surface area contributed by atoms with E-state index in [0.29, 0.717) is 6.54 Å². The topological polar surface area (TPSA) is 68.0 Å². The highest BCUT2D eigenvalue weighted by atomic mass is 16.4. The zero-order valence-corrected chi connectivity index (χ0v) is 12.8. The van der Waals surface area contributed by atoms with E-state index in [9.17, 15) is 9.90 Å². The molecule has 0 radical (unpaired) electrons. The molecule has 19 heavy (non-hydrogen) atoms. The standard InChI is InChI=1S/C14H25N3O2/c1-13(2,3)7-8-17-10(9-14(4,5)6)15-16-11(17)12(18)19/h7-9H2,1-6H3,(H,18,19). The fraction of sp³-hybridized carbons (Fsp3) is 0.786. The van der Waals surface area contributed by atoms with Crippen molar-refractivity contribution < 1.29 is 9.90 Å². The summed E-state index contributed by atoms with van der Waals surface area (Å²) in [6.07, 6.45) is 1.61. The Balaban J connectivity index is 3.02. The molecule has 0 spiro atoms. The van der Waals surface area contributed by atoms with Crippen LogP contribution in [0.3, 0.4) is 0 Å². The Morgan fingerprint density at radius 3 is 2.11 bits per heavy atom. The summed E-state index contributed by atoms with van der Waals surface area (Å²) in [5.74, 6) is -0.209. The van der Waals surface area contributed by atoms with Gasteiger partial charge in [-0.3, -0.25) is 0 Å². The van der Waals surface area contributed by atoms with Gasteiger partial charge >= 0.3 is 5.97 Å². The van der Waals surface area contributed by atoms with Crippen LogP contribution in [0.2, 0.25) is 0 Å². The maximum absolute atomic E-state index is 11.2. The van der Waals surface area contributed by atoms with Crippen LogP contribution in [-0.2, 0) is 13.0 Å². The highest BCUT2D eigenvalue weighted by Gasteiger charge is 2.23. The molecule has 1 rings (SSSR count). The zero-order valence-electron chi connectivity index (χ0n) is 12.8. The predicted molar refractivity (Wildman–Crippen MR) is 74.2 cm³/mol. The largest absolute Gasteiger partial charge is 0.475 e. The normalized spacial score (nSPS) is 12.7. The third-order valence-corrected chi connectivity index (χ3v) is 2.79. The minimum absolute atomic E-state index is 0.0449. The van der Waals surface area contributed by atoms with Crippen molar-refractivity contribution in [2.24, 2.45) is 10.8 Å². The number of carboxylic acid groups (broad SMARTS) is 1. The Morgan fingerprint density at radius 2 is 1.68 bits per heavy atom. The van der Waals surface area contributed by atoms with E-state index in [1.807, 2.05) is 0 Å². The minimum atomic E-state index is -1.01. The minimum Gasteiger partial charge on any atom is -0.475 e. The van der Waals surface area contributed by atoms with Gasteiger partial charge in [0.1, 0.15) is 5.82 Å².